The van der Waals surface area contributed by atoms with Crippen LogP contribution in [0.4, 0.5) is 0 Å². The standard InChI is InChI=1S/C60H58N2O8.C36H38N2O4/c1-67-46-26-14-22-42(36-46)59(65,43-23-15-27-47(37-43)68-2)54(52-32-12-20-40-18-6-8-30-50(40)52)62(57(64)58(56(61)63)34-10-5-11-35-58)55(53-33-13-21-41-19-7-9-31-51(41)53)60(66,44-24-16-28-48(38-44)69-3)45-25-17-29-49(39-45)70-4;37-32(39)34(18-6-1-7-19-34)33(40)38(30(35(41)20-21-35)28-16-8-12-24-10-2-4-14-26(24)28)31(36(42)22-23-36)29-17-9-13-25-11-3-5-15-27(25)29/h6-9,12-33,36-39,54-55,65-66H,5,10-11,34-35H2,1-4H3,(H2,61,63);2-5,8-17,30-31,41-42H,1,6-7,18-23H2,(H2,37,39)/t54-,55-;/m0./s1. The van der Waals surface area contributed by atoms with Crippen LogP contribution in [0.1, 0.15) is 159 Å². The molecule has 12 aromatic carbocycles. The molecule has 572 valence electrons. The second kappa shape index (κ2) is 31.0. The van der Waals surface area contributed by atoms with Gasteiger partial charge < -0.3 is 60.6 Å². The number of carbonyl (C=O) groups excluding carboxylic acids is 4. The smallest absolute Gasteiger partial charge is 0.239 e. The Bertz CT molecular complexity index is 5100. The maximum Gasteiger partial charge on any atom is 0.239 e. The van der Waals surface area contributed by atoms with E-state index in [1.54, 1.807) is 135 Å². The van der Waals surface area contributed by atoms with E-state index in [4.69, 9.17) is 30.4 Å². The molecule has 16 rings (SSSR count). The minimum atomic E-state index is -2.23. The lowest BCUT2D eigenvalue weighted by atomic mass is 9.67. The molecule has 4 aliphatic carbocycles. The van der Waals surface area contributed by atoms with E-state index in [1.807, 2.05) is 170 Å². The van der Waals surface area contributed by atoms with Crippen LogP contribution in [0.15, 0.2) is 267 Å². The number of nitrogens with two attached hydrogens (primary N) is 2. The molecule has 0 aliphatic heterocycles. The van der Waals surface area contributed by atoms with E-state index in [1.165, 1.54) is 0 Å². The normalized spacial score (nSPS) is 17.1. The quantitative estimate of drug-likeness (QED) is 0.0309. The van der Waals surface area contributed by atoms with Crippen molar-refractivity contribution < 1.29 is 58.6 Å². The number of nitrogens with zero attached hydrogens (tertiary/aromatic N) is 2. The van der Waals surface area contributed by atoms with Crippen molar-refractivity contribution in [3.8, 4) is 23.0 Å². The average molecular weight is 1500 g/mol. The van der Waals surface area contributed by atoms with Crippen LogP contribution in [0.25, 0.3) is 43.1 Å². The van der Waals surface area contributed by atoms with Gasteiger partial charge in [0.2, 0.25) is 23.6 Å². The summed E-state index contributed by atoms with van der Waals surface area (Å²) in [5.41, 5.74) is 6.88. The first-order valence-corrected chi connectivity index (χ1v) is 38.9. The van der Waals surface area contributed by atoms with Crippen LogP contribution in [0.3, 0.4) is 0 Å². The third kappa shape index (κ3) is 13.6. The van der Waals surface area contributed by atoms with Crippen LogP contribution in [0, 0.1) is 10.8 Å². The van der Waals surface area contributed by atoms with Gasteiger partial charge in [0.25, 0.3) is 0 Å². The van der Waals surface area contributed by atoms with Gasteiger partial charge in [0.05, 0.1) is 63.8 Å². The highest BCUT2D eigenvalue weighted by Crippen LogP contribution is 2.62. The fourth-order valence-corrected chi connectivity index (χ4v) is 18.4. The van der Waals surface area contributed by atoms with Gasteiger partial charge in [-0.3, -0.25) is 19.2 Å². The van der Waals surface area contributed by atoms with Gasteiger partial charge in [-0.15, -0.1) is 0 Å². The molecule has 8 N–H and O–H groups in total. The number of methoxy groups -OCH3 is 4. The van der Waals surface area contributed by atoms with Gasteiger partial charge in [-0.2, -0.15) is 0 Å². The van der Waals surface area contributed by atoms with E-state index in [-0.39, 0.29) is 18.7 Å². The highest BCUT2D eigenvalue weighted by Gasteiger charge is 2.64. The molecule has 0 spiro atoms. The van der Waals surface area contributed by atoms with Crippen LogP contribution in [-0.4, -0.2) is 93.5 Å². The summed E-state index contributed by atoms with van der Waals surface area (Å²) in [6.07, 6.45) is 7.42. The Morgan fingerprint density at radius 3 is 0.857 bits per heavy atom. The zero-order chi connectivity index (χ0) is 78.2. The molecule has 12 aromatic rings. The van der Waals surface area contributed by atoms with E-state index in [0.717, 1.165) is 79.9 Å². The molecule has 0 saturated heterocycles. The Hall–Kier alpha value is -11.4. The maximum atomic E-state index is 17.4. The van der Waals surface area contributed by atoms with Gasteiger partial charge in [0.15, 0.2) is 0 Å². The van der Waals surface area contributed by atoms with Crippen LogP contribution >= 0.6 is 0 Å². The number of hydrogen-bond donors (Lipinski definition) is 6. The predicted molar refractivity (Wildman–Crippen MR) is 436 cm³/mol. The second-order valence-corrected chi connectivity index (χ2v) is 31.0. The fraction of sp³-hybridized carbons (Fsp3) is 0.292. The van der Waals surface area contributed by atoms with Crippen molar-refractivity contribution >= 4 is 66.7 Å². The van der Waals surface area contributed by atoms with Crippen LogP contribution in [0.5, 0.6) is 23.0 Å². The summed E-state index contributed by atoms with van der Waals surface area (Å²) < 4.78 is 23.5. The van der Waals surface area contributed by atoms with Crippen LogP contribution < -0.4 is 30.4 Å². The Balaban J connectivity index is 0.000000200. The van der Waals surface area contributed by atoms with Gasteiger partial charge in [-0.25, -0.2) is 0 Å². The topological polar surface area (TPSA) is 245 Å². The van der Waals surface area contributed by atoms with Gasteiger partial charge >= 0.3 is 0 Å². The van der Waals surface area contributed by atoms with E-state index >= 15 is 9.59 Å². The van der Waals surface area contributed by atoms with Crippen LogP contribution in [-0.2, 0) is 30.4 Å². The molecular formula is C96H96N4O12. The van der Waals surface area contributed by atoms with Crippen molar-refractivity contribution in [1.82, 2.24) is 9.80 Å². The van der Waals surface area contributed by atoms with E-state index in [9.17, 15) is 30.0 Å². The molecule has 4 atom stereocenters. The maximum absolute atomic E-state index is 17.4. The molecule has 0 heterocycles. The minimum absolute atomic E-state index is 0.148. The van der Waals surface area contributed by atoms with Crippen molar-refractivity contribution in [3.63, 3.8) is 0 Å². The lowest BCUT2D eigenvalue weighted by molar-refractivity contribution is -0.170. The molecule has 16 nitrogen and oxygen atoms in total. The summed E-state index contributed by atoms with van der Waals surface area (Å²) in [6, 6.07) is 79.2. The first-order valence-electron chi connectivity index (χ1n) is 38.9. The zero-order valence-electron chi connectivity index (χ0n) is 63.7. The van der Waals surface area contributed by atoms with Gasteiger partial charge in [0, 0.05) is 0 Å². The predicted octanol–water partition coefficient (Wildman–Crippen LogP) is 17.0. The summed E-state index contributed by atoms with van der Waals surface area (Å²) in [6.45, 7) is 0. The number of hydrogen-bond acceptors (Lipinski definition) is 12. The summed E-state index contributed by atoms with van der Waals surface area (Å²) in [4.78, 5) is 64.0. The number of carbonyl (C=O) groups is 4. The first-order chi connectivity index (χ1) is 54.3. The fourth-order valence-electron chi connectivity index (χ4n) is 18.4. The van der Waals surface area contributed by atoms with Crippen molar-refractivity contribution in [2.45, 2.75) is 136 Å². The number of fused-ring (bicyclic) bond motifs is 4. The van der Waals surface area contributed by atoms with Gasteiger partial charge in [-0.05, 0) is 187 Å². The summed E-state index contributed by atoms with van der Waals surface area (Å²) in [7, 11) is 6.22. The number of rotatable bonds is 24. The van der Waals surface area contributed by atoms with Crippen molar-refractivity contribution in [2.75, 3.05) is 28.4 Å². The molecule has 4 saturated carbocycles. The lowest BCUT2D eigenvalue weighted by Crippen LogP contribution is -2.60. The molecular weight excluding hydrogens is 1400 g/mol. The van der Waals surface area contributed by atoms with Gasteiger partial charge in [-0.1, -0.05) is 257 Å². The van der Waals surface area contributed by atoms with Crippen molar-refractivity contribution in [1.29, 1.82) is 0 Å². The highest BCUT2D eigenvalue weighted by molar-refractivity contribution is 6.07. The van der Waals surface area contributed by atoms with Crippen molar-refractivity contribution in [3.05, 3.63) is 311 Å². The SMILES string of the molecule is COc1cccc(C(O)(c2cccc(OC)c2)[C@H](c2cccc3ccccc23)N(C(=O)C2(C(N)=O)CCCCC2)[C@@H](c2cccc3ccccc23)C(O)(c2cccc(OC)c2)c2cccc(OC)c2)c1.NC(=O)C1(C(=O)N(C(c2cccc3ccccc23)C2(O)CC2)C(c2cccc3ccccc23)C2(O)CC2)CCCCC1. The third-order valence-electron chi connectivity index (χ3n) is 24.6. The number of aliphatic hydroxyl groups is 4. The summed E-state index contributed by atoms with van der Waals surface area (Å²) in [5, 5.41) is 61.2. The molecule has 0 bridgehead atoms. The van der Waals surface area contributed by atoms with E-state index in [0.29, 0.717) is 108 Å². The Morgan fingerprint density at radius 2 is 0.580 bits per heavy atom. The van der Waals surface area contributed by atoms with Gasteiger partial charge in [0.1, 0.15) is 45.0 Å². The Kier molecular flexibility index (Phi) is 21.1. The summed E-state index contributed by atoms with van der Waals surface area (Å²) >= 11 is 0. The largest absolute Gasteiger partial charge is 0.497 e. The number of amides is 4. The number of ether oxygens (including phenoxy) is 4. The molecule has 4 amide bonds. The molecule has 4 aliphatic rings. The number of benzene rings is 12. The van der Waals surface area contributed by atoms with E-state index in [2.05, 4.69) is 0 Å². The number of primary amides is 2. The molecule has 16 heteroatoms. The lowest BCUT2D eigenvalue weighted by Gasteiger charge is -2.54. The molecule has 112 heavy (non-hydrogen) atoms. The Labute approximate surface area is 653 Å². The summed E-state index contributed by atoms with van der Waals surface area (Å²) in [5.74, 6) is -0.624. The molecule has 0 aromatic heterocycles. The second-order valence-electron chi connectivity index (χ2n) is 31.0. The first kappa shape index (κ1) is 76.0. The average Bonchev–Trinajstić information content (AvgIpc) is 1.49. The van der Waals surface area contributed by atoms with E-state index < -0.39 is 75.1 Å². The molecule has 0 radical (unpaired) electrons. The van der Waals surface area contributed by atoms with Crippen molar-refractivity contribution in [2.24, 2.45) is 22.3 Å². The van der Waals surface area contributed by atoms with Crippen LogP contribution in [0.2, 0.25) is 0 Å². The third-order valence-corrected chi connectivity index (χ3v) is 24.6. The highest BCUT2D eigenvalue weighted by atomic mass is 16.5. The Morgan fingerprint density at radius 1 is 0.330 bits per heavy atom. The zero-order valence-corrected chi connectivity index (χ0v) is 63.7. The minimum Gasteiger partial charge on any atom is -0.497 e. The molecule has 4 fully saturated rings. The monoisotopic (exact) mass is 1500 g/mol. The molecule has 2 unspecified atom stereocenters.